The second kappa shape index (κ2) is 9.82. The molecule has 0 spiro atoms. The van der Waals surface area contributed by atoms with Crippen molar-refractivity contribution in [2.75, 3.05) is 24.7 Å². The Labute approximate surface area is 132 Å². The fourth-order valence-electron chi connectivity index (χ4n) is 2.49. The Morgan fingerprint density at radius 3 is 2.76 bits per heavy atom. The van der Waals surface area contributed by atoms with Gasteiger partial charge >= 0.3 is 0 Å². The number of Topliss-reactive ketones (excluding diaryl/α,β-unsaturated/α-hetero) is 1. The van der Waals surface area contributed by atoms with Crippen LogP contribution >= 0.6 is 11.8 Å². The van der Waals surface area contributed by atoms with E-state index in [-0.39, 0.29) is 22.7 Å². The Balaban J connectivity index is 2.50. The molecule has 1 saturated heterocycles. The molecule has 0 saturated carbocycles. The zero-order valence-corrected chi connectivity index (χ0v) is 14.3. The maximum atomic E-state index is 12.0. The number of hydrogen-bond donors (Lipinski definition) is 1. The highest BCUT2D eigenvalue weighted by Crippen LogP contribution is 2.30. The van der Waals surface area contributed by atoms with E-state index in [0.717, 1.165) is 25.2 Å². The van der Waals surface area contributed by atoms with E-state index in [1.165, 1.54) is 0 Å². The van der Waals surface area contributed by atoms with E-state index in [1.807, 2.05) is 0 Å². The van der Waals surface area contributed by atoms with Crippen molar-refractivity contribution in [1.29, 1.82) is 0 Å². The van der Waals surface area contributed by atoms with Gasteiger partial charge in [0.1, 0.15) is 5.78 Å². The summed E-state index contributed by atoms with van der Waals surface area (Å²) in [4.78, 5) is 12.0. The standard InChI is InChI=1S/C14H26O5S2/c1-2-3-6-13(15)10-12(5-4-9-21(16,17)18)14-11-19-7-8-20-14/h12,14H,2-11H2,1H3,(H,16,17,18). The van der Waals surface area contributed by atoms with E-state index in [9.17, 15) is 13.2 Å². The molecule has 0 aliphatic carbocycles. The lowest BCUT2D eigenvalue weighted by Crippen LogP contribution is -2.30. The van der Waals surface area contributed by atoms with Crippen LogP contribution in [-0.2, 0) is 19.6 Å². The van der Waals surface area contributed by atoms with Gasteiger partial charge in [-0.15, -0.1) is 0 Å². The van der Waals surface area contributed by atoms with Crippen LogP contribution in [0.1, 0.15) is 45.4 Å². The normalized spacial score (nSPS) is 21.1. The molecular weight excluding hydrogens is 312 g/mol. The molecule has 124 valence electrons. The second-order valence-corrected chi connectivity index (χ2v) is 8.44. The molecule has 0 aromatic heterocycles. The fourth-order valence-corrected chi connectivity index (χ4v) is 4.24. The quantitative estimate of drug-likeness (QED) is 0.617. The van der Waals surface area contributed by atoms with E-state index in [1.54, 1.807) is 11.8 Å². The minimum Gasteiger partial charge on any atom is -0.379 e. The number of hydrogen-bond acceptors (Lipinski definition) is 5. The zero-order valence-electron chi connectivity index (χ0n) is 12.6. The predicted octanol–water partition coefficient (Wildman–Crippen LogP) is 2.55. The summed E-state index contributed by atoms with van der Waals surface area (Å²) < 4.78 is 35.9. The van der Waals surface area contributed by atoms with Crippen LogP contribution in [-0.4, -0.2) is 48.7 Å². The summed E-state index contributed by atoms with van der Waals surface area (Å²) in [5, 5.41) is 0.255. The molecule has 1 rings (SSSR count). The topological polar surface area (TPSA) is 80.7 Å². The summed E-state index contributed by atoms with van der Waals surface area (Å²) in [6, 6.07) is 0. The van der Waals surface area contributed by atoms with Crippen molar-refractivity contribution < 1.29 is 22.5 Å². The van der Waals surface area contributed by atoms with Crippen molar-refractivity contribution in [3.8, 4) is 0 Å². The van der Waals surface area contributed by atoms with Gasteiger partial charge in [0.2, 0.25) is 0 Å². The third kappa shape index (κ3) is 8.80. The number of ketones is 1. The molecule has 1 aliphatic heterocycles. The molecule has 21 heavy (non-hydrogen) atoms. The lowest BCUT2D eigenvalue weighted by Gasteiger charge is -2.29. The first kappa shape index (κ1) is 18.9. The first-order chi connectivity index (χ1) is 9.92. The van der Waals surface area contributed by atoms with Crippen molar-refractivity contribution in [1.82, 2.24) is 0 Å². The number of carbonyl (C=O) groups excluding carboxylic acids is 1. The van der Waals surface area contributed by atoms with E-state index in [4.69, 9.17) is 9.29 Å². The third-order valence-electron chi connectivity index (χ3n) is 3.64. The minimum atomic E-state index is -3.92. The van der Waals surface area contributed by atoms with Crippen molar-refractivity contribution >= 4 is 27.7 Å². The van der Waals surface area contributed by atoms with Crippen LogP contribution in [0, 0.1) is 5.92 Å². The average molecular weight is 338 g/mol. The molecule has 0 radical (unpaired) electrons. The van der Waals surface area contributed by atoms with Crippen LogP contribution in [0.5, 0.6) is 0 Å². The Morgan fingerprint density at radius 1 is 1.43 bits per heavy atom. The summed E-state index contributed by atoms with van der Waals surface area (Å²) in [5.41, 5.74) is 0. The third-order valence-corrected chi connectivity index (χ3v) is 5.80. The van der Waals surface area contributed by atoms with Crippen LogP contribution in [0.25, 0.3) is 0 Å². The molecule has 0 aromatic carbocycles. The van der Waals surface area contributed by atoms with Crippen molar-refractivity contribution in [2.45, 2.75) is 50.7 Å². The van der Waals surface area contributed by atoms with Gasteiger partial charge in [-0.1, -0.05) is 13.3 Å². The highest BCUT2D eigenvalue weighted by molar-refractivity contribution is 8.00. The number of thioether (sulfide) groups is 1. The molecule has 0 bridgehead atoms. The van der Waals surface area contributed by atoms with Crippen molar-refractivity contribution in [3.05, 3.63) is 0 Å². The summed E-state index contributed by atoms with van der Waals surface area (Å²) in [6.07, 6.45) is 4.03. The number of rotatable bonds is 10. The van der Waals surface area contributed by atoms with Gasteiger partial charge in [0.25, 0.3) is 10.1 Å². The van der Waals surface area contributed by atoms with Crippen LogP contribution in [0.3, 0.4) is 0 Å². The molecule has 1 heterocycles. The molecule has 1 fully saturated rings. The van der Waals surface area contributed by atoms with E-state index in [0.29, 0.717) is 32.3 Å². The summed E-state index contributed by atoms with van der Waals surface area (Å²) in [6.45, 7) is 3.42. The van der Waals surface area contributed by atoms with Gasteiger partial charge in [-0.3, -0.25) is 9.35 Å². The lowest BCUT2D eigenvalue weighted by atomic mass is 9.92. The van der Waals surface area contributed by atoms with E-state index in [2.05, 4.69) is 6.92 Å². The SMILES string of the molecule is CCCCC(=O)CC(CCCS(=O)(=O)O)C1COCCS1. The highest BCUT2D eigenvalue weighted by Gasteiger charge is 2.26. The number of carbonyl (C=O) groups is 1. The highest BCUT2D eigenvalue weighted by atomic mass is 32.2. The Bertz CT molecular complexity index is 402. The molecule has 2 atom stereocenters. The number of ether oxygens (including phenoxy) is 1. The molecule has 0 amide bonds. The average Bonchev–Trinajstić information content (AvgIpc) is 2.43. The van der Waals surface area contributed by atoms with Gasteiger partial charge in [-0.2, -0.15) is 20.2 Å². The fraction of sp³-hybridized carbons (Fsp3) is 0.929. The Hall–Kier alpha value is -0.110. The van der Waals surface area contributed by atoms with E-state index < -0.39 is 10.1 Å². The largest absolute Gasteiger partial charge is 0.379 e. The van der Waals surface area contributed by atoms with E-state index >= 15 is 0 Å². The molecule has 1 aliphatic rings. The van der Waals surface area contributed by atoms with Gasteiger partial charge in [0, 0.05) is 23.8 Å². The van der Waals surface area contributed by atoms with Gasteiger partial charge < -0.3 is 4.74 Å². The Morgan fingerprint density at radius 2 is 2.19 bits per heavy atom. The monoisotopic (exact) mass is 338 g/mol. The maximum Gasteiger partial charge on any atom is 0.264 e. The molecule has 2 unspecified atom stereocenters. The van der Waals surface area contributed by atoms with Gasteiger partial charge in [0.05, 0.1) is 19.0 Å². The lowest BCUT2D eigenvalue weighted by molar-refractivity contribution is -0.120. The minimum absolute atomic E-state index is 0.140. The molecule has 5 nitrogen and oxygen atoms in total. The zero-order chi connectivity index (χ0) is 15.7. The van der Waals surface area contributed by atoms with Crippen molar-refractivity contribution in [2.24, 2.45) is 5.92 Å². The summed E-state index contributed by atoms with van der Waals surface area (Å²) in [7, 11) is -3.92. The van der Waals surface area contributed by atoms with Crippen LogP contribution in [0.2, 0.25) is 0 Å². The Kier molecular flexibility index (Phi) is 8.85. The molecule has 1 N–H and O–H groups in total. The van der Waals surface area contributed by atoms with Crippen LogP contribution in [0.15, 0.2) is 0 Å². The van der Waals surface area contributed by atoms with Crippen LogP contribution < -0.4 is 0 Å². The van der Waals surface area contributed by atoms with Gasteiger partial charge in [0.15, 0.2) is 0 Å². The maximum absolute atomic E-state index is 12.0. The van der Waals surface area contributed by atoms with Gasteiger partial charge in [-0.05, 0) is 25.2 Å². The smallest absolute Gasteiger partial charge is 0.264 e. The predicted molar refractivity (Wildman–Crippen MR) is 85.4 cm³/mol. The first-order valence-corrected chi connectivity index (χ1v) is 10.2. The summed E-state index contributed by atoms with van der Waals surface area (Å²) in [5.74, 6) is 1.08. The first-order valence-electron chi connectivity index (χ1n) is 7.58. The summed E-state index contributed by atoms with van der Waals surface area (Å²) >= 11 is 1.81. The molecule has 0 aromatic rings. The van der Waals surface area contributed by atoms with Crippen molar-refractivity contribution in [3.63, 3.8) is 0 Å². The number of unbranched alkanes of at least 4 members (excludes halogenated alkanes) is 1. The van der Waals surface area contributed by atoms with Gasteiger partial charge in [-0.25, -0.2) is 0 Å². The second-order valence-electron chi connectivity index (χ2n) is 5.52. The molecular formula is C14H26O5S2. The molecule has 7 heteroatoms. The van der Waals surface area contributed by atoms with Crippen LogP contribution in [0.4, 0.5) is 0 Å².